The van der Waals surface area contributed by atoms with Gasteiger partial charge in [0, 0.05) is 30.2 Å². The van der Waals surface area contributed by atoms with Crippen molar-refractivity contribution in [3.05, 3.63) is 32.8 Å². The van der Waals surface area contributed by atoms with Crippen LogP contribution in [-0.4, -0.2) is 31.1 Å². The van der Waals surface area contributed by atoms with Crippen molar-refractivity contribution in [3.63, 3.8) is 0 Å². The zero-order chi connectivity index (χ0) is 13.5. The van der Waals surface area contributed by atoms with Crippen LogP contribution in [0.3, 0.4) is 0 Å². The molecule has 0 amide bonds. The molecule has 0 aliphatic rings. The highest BCUT2D eigenvalue weighted by Crippen LogP contribution is 2.31. The maximum atomic E-state index is 6.13. The van der Waals surface area contributed by atoms with E-state index in [1.807, 2.05) is 0 Å². The fourth-order valence-electron chi connectivity index (χ4n) is 1.72. The van der Waals surface area contributed by atoms with Gasteiger partial charge in [-0.15, -0.1) is 0 Å². The molecular formula is C13H19Cl3N2. The highest BCUT2D eigenvalue weighted by Gasteiger charge is 2.09. The largest absolute Gasteiger partial charge is 0.311 e. The summed E-state index contributed by atoms with van der Waals surface area (Å²) in [6.45, 7) is 9.01. The summed E-state index contributed by atoms with van der Waals surface area (Å²) in [5.74, 6) is 0. The van der Waals surface area contributed by atoms with E-state index in [1.54, 1.807) is 12.1 Å². The highest BCUT2D eigenvalue weighted by atomic mass is 35.5. The number of halogens is 3. The first-order chi connectivity index (χ1) is 8.60. The molecule has 0 saturated heterocycles. The number of rotatable bonds is 7. The van der Waals surface area contributed by atoms with Gasteiger partial charge >= 0.3 is 0 Å². The Balaban J connectivity index is 2.47. The molecule has 0 aromatic heterocycles. The summed E-state index contributed by atoms with van der Waals surface area (Å²) in [4.78, 5) is 2.36. The first-order valence-electron chi connectivity index (χ1n) is 6.15. The van der Waals surface area contributed by atoms with Crippen LogP contribution in [-0.2, 0) is 6.54 Å². The molecule has 102 valence electrons. The molecular weight excluding hydrogens is 291 g/mol. The number of hydrogen-bond donors (Lipinski definition) is 1. The summed E-state index contributed by atoms with van der Waals surface area (Å²) in [6.07, 6.45) is 0. The molecule has 1 N–H and O–H groups in total. The number of nitrogens with zero attached hydrogens (tertiary/aromatic N) is 1. The van der Waals surface area contributed by atoms with Crippen molar-refractivity contribution in [2.24, 2.45) is 0 Å². The first-order valence-corrected chi connectivity index (χ1v) is 7.29. The van der Waals surface area contributed by atoms with Crippen molar-refractivity contribution in [1.29, 1.82) is 0 Å². The molecule has 1 rings (SSSR count). The van der Waals surface area contributed by atoms with E-state index in [0.717, 1.165) is 31.7 Å². The molecule has 0 saturated carbocycles. The molecule has 0 aliphatic carbocycles. The van der Waals surface area contributed by atoms with Crippen molar-refractivity contribution in [2.45, 2.75) is 20.4 Å². The fourth-order valence-corrected chi connectivity index (χ4v) is 2.40. The van der Waals surface area contributed by atoms with Gasteiger partial charge in [0.1, 0.15) is 0 Å². The van der Waals surface area contributed by atoms with Gasteiger partial charge in [0.2, 0.25) is 0 Å². The normalized spacial score (nSPS) is 11.2. The Labute approximate surface area is 124 Å². The molecule has 2 nitrogen and oxygen atoms in total. The Morgan fingerprint density at radius 2 is 1.67 bits per heavy atom. The van der Waals surface area contributed by atoms with Gasteiger partial charge in [0.05, 0.1) is 10.0 Å². The number of hydrogen-bond acceptors (Lipinski definition) is 2. The molecule has 18 heavy (non-hydrogen) atoms. The van der Waals surface area contributed by atoms with E-state index >= 15 is 0 Å². The van der Waals surface area contributed by atoms with Crippen molar-refractivity contribution in [3.8, 4) is 0 Å². The molecule has 0 bridgehead atoms. The second-order valence-electron chi connectivity index (χ2n) is 4.03. The smallest absolute Gasteiger partial charge is 0.0652 e. The number of benzene rings is 1. The van der Waals surface area contributed by atoms with Crippen molar-refractivity contribution in [2.75, 3.05) is 26.2 Å². The van der Waals surface area contributed by atoms with Gasteiger partial charge in [0.25, 0.3) is 0 Å². The summed E-state index contributed by atoms with van der Waals surface area (Å²) >= 11 is 18.2. The maximum Gasteiger partial charge on any atom is 0.0652 e. The van der Waals surface area contributed by atoms with Crippen molar-refractivity contribution >= 4 is 34.8 Å². The van der Waals surface area contributed by atoms with Gasteiger partial charge in [-0.1, -0.05) is 48.7 Å². The van der Waals surface area contributed by atoms with E-state index in [9.17, 15) is 0 Å². The lowest BCUT2D eigenvalue weighted by Crippen LogP contribution is -2.31. The van der Waals surface area contributed by atoms with Crippen LogP contribution in [0.5, 0.6) is 0 Å². The average molecular weight is 310 g/mol. The number of likely N-dealkylation sites (N-methyl/N-ethyl adjacent to an activating group) is 1. The summed E-state index contributed by atoms with van der Waals surface area (Å²) in [5.41, 5.74) is 0.866. The quantitative estimate of drug-likeness (QED) is 0.603. The predicted molar refractivity (Wildman–Crippen MR) is 81.0 cm³/mol. The van der Waals surface area contributed by atoms with Crippen molar-refractivity contribution < 1.29 is 0 Å². The lowest BCUT2D eigenvalue weighted by atomic mass is 10.2. The zero-order valence-electron chi connectivity index (χ0n) is 10.8. The van der Waals surface area contributed by atoms with Crippen LogP contribution in [0, 0.1) is 0 Å². The standard InChI is InChI=1S/C13H19Cl3N2/c1-3-18(4-2)8-7-17-9-10-11(14)5-6-12(15)13(10)16/h5-6,17H,3-4,7-9H2,1-2H3. The summed E-state index contributed by atoms with van der Waals surface area (Å²) in [5, 5.41) is 5.08. The molecule has 0 radical (unpaired) electrons. The lowest BCUT2D eigenvalue weighted by molar-refractivity contribution is 0.302. The second-order valence-corrected chi connectivity index (χ2v) is 5.22. The Morgan fingerprint density at radius 3 is 2.28 bits per heavy atom. The Morgan fingerprint density at radius 1 is 1.06 bits per heavy atom. The Bertz CT molecular complexity index is 379. The maximum absolute atomic E-state index is 6.13. The Kier molecular flexibility index (Phi) is 7.35. The van der Waals surface area contributed by atoms with Crippen LogP contribution in [0.25, 0.3) is 0 Å². The molecule has 1 aromatic carbocycles. The topological polar surface area (TPSA) is 15.3 Å². The number of nitrogens with one attached hydrogen (secondary N) is 1. The minimum atomic E-state index is 0.541. The summed E-state index contributed by atoms with van der Waals surface area (Å²) in [6, 6.07) is 3.49. The predicted octanol–water partition coefficient (Wildman–Crippen LogP) is 4.08. The third-order valence-electron chi connectivity index (χ3n) is 2.94. The average Bonchev–Trinajstić information content (AvgIpc) is 2.38. The highest BCUT2D eigenvalue weighted by molar-refractivity contribution is 6.44. The van der Waals surface area contributed by atoms with Crippen molar-refractivity contribution in [1.82, 2.24) is 10.2 Å². The summed E-state index contributed by atoms with van der Waals surface area (Å²) in [7, 11) is 0. The van der Waals surface area contributed by atoms with E-state index in [0.29, 0.717) is 21.6 Å². The molecule has 1 aromatic rings. The SMILES string of the molecule is CCN(CC)CCNCc1c(Cl)ccc(Cl)c1Cl. The monoisotopic (exact) mass is 308 g/mol. The van der Waals surface area contributed by atoms with Crippen LogP contribution in [0.15, 0.2) is 12.1 Å². The molecule has 0 spiro atoms. The van der Waals surface area contributed by atoms with Gasteiger partial charge in [-0.2, -0.15) is 0 Å². The van der Waals surface area contributed by atoms with Crippen LogP contribution in [0.1, 0.15) is 19.4 Å². The van der Waals surface area contributed by atoms with Crippen LogP contribution in [0.4, 0.5) is 0 Å². The van der Waals surface area contributed by atoms with Crippen LogP contribution < -0.4 is 5.32 Å². The second kappa shape index (κ2) is 8.23. The van der Waals surface area contributed by atoms with Gasteiger partial charge in [-0.05, 0) is 25.2 Å². The van der Waals surface area contributed by atoms with Crippen LogP contribution >= 0.6 is 34.8 Å². The third-order valence-corrected chi connectivity index (χ3v) is 4.14. The molecule has 0 fully saturated rings. The fraction of sp³-hybridized carbons (Fsp3) is 0.538. The van der Waals surface area contributed by atoms with E-state index < -0.39 is 0 Å². The molecule has 0 aliphatic heterocycles. The van der Waals surface area contributed by atoms with Crippen LogP contribution in [0.2, 0.25) is 15.1 Å². The first kappa shape index (κ1) is 16.1. The van der Waals surface area contributed by atoms with E-state index in [2.05, 4.69) is 24.1 Å². The van der Waals surface area contributed by atoms with E-state index in [-0.39, 0.29) is 0 Å². The lowest BCUT2D eigenvalue weighted by Gasteiger charge is -2.18. The minimum absolute atomic E-state index is 0.541. The van der Waals surface area contributed by atoms with E-state index in [1.165, 1.54) is 0 Å². The summed E-state index contributed by atoms with van der Waals surface area (Å²) < 4.78 is 0. The molecule has 0 heterocycles. The third kappa shape index (κ3) is 4.60. The molecule has 0 unspecified atom stereocenters. The Hall–Kier alpha value is 0.01000. The van der Waals surface area contributed by atoms with Gasteiger partial charge in [0.15, 0.2) is 0 Å². The van der Waals surface area contributed by atoms with Gasteiger partial charge < -0.3 is 10.2 Å². The molecule has 5 heteroatoms. The van der Waals surface area contributed by atoms with Gasteiger partial charge in [-0.25, -0.2) is 0 Å². The van der Waals surface area contributed by atoms with E-state index in [4.69, 9.17) is 34.8 Å². The zero-order valence-corrected chi connectivity index (χ0v) is 13.0. The minimum Gasteiger partial charge on any atom is -0.311 e. The molecule has 0 atom stereocenters. The van der Waals surface area contributed by atoms with Gasteiger partial charge in [-0.3, -0.25) is 0 Å².